The Morgan fingerprint density at radius 3 is 1.27 bits per heavy atom. The van der Waals surface area contributed by atoms with Crippen LogP contribution in [0.2, 0.25) is 0 Å². The topological polar surface area (TPSA) is 37.3 Å². The van der Waals surface area contributed by atoms with Crippen molar-refractivity contribution in [2.45, 2.75) is 117 Å². The Hall–Kier alpha value is -1.37. The summed E-state index contributed by atoms with van der Waals surface area (Å²) in [5.74, 6) is 0. The molecule has 3 heteroatoms. The Balaban J connectivity index is 1.99. The molecule has 0 spiro atoms. The molecule has 0 aliphatic carbocycles. The number of rotatable bonds is 18. The average molecular weight is 471 g/mol. The maximum Gasteiger partial charge on any atom is 0.259 e. The zero-order valence-corrected chi connectivity index (χ0v) is 22.1. The fraction of sp³-hybridized carbons (Fsp3) is 0.600. The monoisotopic (exact) mass is 470 g/mol. The summed E-state index contributed by atoms with van der Waals surface area (Å²) in [5, 5.41) is 1.28. The second-order valence-corrected chi connectivity index (χ2v) is 11.7. The molecule has 0 heterocycles. The zero-order valence-electron chi connectivity index (χ0n) is 21.2. The first-order valence-electron chi connectivity index (χ1n) is 13.6. The number of hydrogen-bond donors (Lipinski definition) is 1. The van der Waals surface area contributed by atoms with E-state index in [-0.39, 0.29) is 0 Å². The largest absolute Gasteiger partial charge is 0.338 e. The van der Waals surface area contributed by atoms with Crippen LogP contribution in [-0.2, 0) is 17.4 Å². The van der Waals surface area contributed by atoms with Crippen LogP contribution in [0, 0.1) is 0 Å². The van der Waals surface area contributed by atoms with Crippen molar-refractivity contribution in [2.75, 3.05) is 0 Å². The Kier molecular flexibility index (Phi) is 13.8. The van der Waals surface area contributed by atoms with Crippen molar-refractivity contribution in [1.82, 2.24) is 0 Å². The predicted molar refractivity (Wildman–Crippen MR) is 145 cm³/mol. The molecule has 0 aliphatic rings. The number of hydrogen-bond acceptors (Lipinski definition) is 1. The molecule has 0 atom stereocenters. The van der Waals surface area contributed by atoms with Crippen LogP contribution in [-0.4, -0.2) is 4.89 Å². The molecular weight excluding hydrogens is 423 g/mol. The molecule has 0 fully saturated rings. The lowest BCUT2D eigenvalue weighted by Crippen LogP contribution is -2.22. The smallest absolute Gasteiger partial charge is 0.259 e. The van der Waals surface area contributed by atoms with Gasteiger partial charge in [0.05, 0.1) is 0 Å². The maximum absolute atomic E-state index is 13.8. The van der Waals surface area contributed by atoms with Crippen molar-refractivity contribution in [1.29, 1.82) is 0 Å². The van der Waals surface area contributed by atoms with Crippen LogP contribution in [0.4, 0.5) is 0 Å². The van der Waals surface area contributed by atoms with Crippen LogP contribution < -0.4 is 10.6 Å². The minimum absolute atomic E-state index is 0.642. The quantitative estimate of drug-likeness (QED) is 0.175. The number of benzene rings is 2. The van der Waals surface area contributed by atoms with E-state index in [4.69, 9.17) is 0 Å². The highest BCUT2D eigenvalue weighted by atomic mass is 31.2. The molecule has 0 aromatic heterocycles. The Bertz CT molecular complexity index is 764. The molecule has 1 N–H and O–H groups in total. The second-order valence-electron chi connectivity index (χ2n) is 9.58. The van der Waals surface area contributed by atoms with E-state index in [1.807, 2.05) is 48.5 Å². The summed E-state index contributed by atoms with van der Waals surface area (Å²) in [7, 11) is -3.61. The molecular formula is C30H47O2P. The lowest BCUT2D eigenvalue weighted by Gasteiger charge is -2.19. The summed E-state index contributed by atoms with van der Waals surface area (Å²) in [6.45, 7) is 4.49. The summed E-state index contributed by atoms with van der Waals surface area (Å²) in [5.41, 5.74) is 2.09. The minimum Gasteiger partial charge on any atom is -0.338 e. The van der Waals surface area contributed by atoms with Crippen molar-refractivity contribution in [3.8, 4) is 0 Å². The third-order valence-electron chi connectivity index (χ3n) is 6.74. The van der Waals surface area contributed by atoms with Gasteiger partial charge in [0, 0.05) is 10.6 Å². The van der Waals surface area contributed by atoms with Gasteiger partial charge in [0.2, 0.25) is 0 Å². The number of unbranched alkanes of at least 4 members (excludes halogenated alkanes) is 12. The van der Waals surface area contributed by atoms with Crippen molar-refractivity contribution in [2.24, 2.45) is 0 Å². The molecule has 0 saturated carbocycles. The van der Waals surface area contributed by atoms with Crippen LogP contribution in [0.3, 0.4) is 0 Å². The standard InChI is InChI=1S/C30H47O2P/c1-3-5-7-9-11-13-15-21-27-23-17-19-25-29(27)33(31,32)30-26-20-18-24-28(30)22-16-14-12-10-8-6-4-2/h17-20,23-26H,3-16,21-22H2,1-2H3,(H,31,32). The third-order valence-corrected chi connectivity index (χ3v) is 8.91. The van der Waals surface area contributed by atoms with E-state index in [0.29, 0.717) is 10.6 Å². The highest BCUT2D eigenvalue weighted by molar-refractivity contribution is 7.73. The second kappa shape index (κ2) is 16.3. The summed E-state index contributed by atoms with van der Waals surface area (Å²) >= 11 is 0. The highest BCUT2D eigenvalue weighted by Gasteiger charge is 2.28. The summed E-state index contributed by atoms with van der Waals surface area (Å²) in [4.78, 5) is 11.4. The fourth-order valence-electron chi connectivity index (χ4n) is 4.71. The van der Waals surface area contributed by atoms with Gasteiger partial charge in [-0.1, -0.05) is 127 Å². The van der Waals surface area contributed by atoms with Gasteiger partial charge in [0.15, 0.2) is 0 Å². The van der Waals surface area contributed by atoms with Crippen LogP contribution >= 0.6 is 7.37 Å². The molecule has 2 nitrogen and oxygen atoms in total. The SMILES string of the molecule is CCCCCCCCCc1ccccc1P(=O)(O)c1ccccc1CCCCCCCCC. The van der Waals surface area contributed by atoms with Gasteiger partial charge in [0.1, 0.15) is 0 Å². The molecule has 33 heavy (non-hydrogen) atoms. The maximum atomic E-state index is 13.8. The first-order valence-corrected chi connectivity index (χ1v) is 15.3. The molecule has 0 amide bonds. The molecule has 0 bridgehead atoms. The molecule has 0 saturated heterocycles. The van der Waals surface area contributed by atoms with Gasteiger partial charge in [-0.2, -0.15) is 0 Å². The first kappa shape index (κ1) is 27.9. The number of aryl methyl sites for hydroxylation is 2. The molecule has 2 rings (SSSR count). The van der Waals surface area contributed by atoms with Crippen molar-refractivity contribution in [3.63, 3.8) is 0 Å². The van der Waals surface area contributed by atoms with Gasteiger partial charge in [-0.15, -0.1) is 0 Å². The van der Waals surface area contributed by atoms with Crippen molar-refractivity contribution in [3.05, 3.63) is 59.7 Å². The fourth-order valence-corrected chi connectivity index (χ4v) is 6.70. The van der Waals surface area contributed by atoms with Gasteiger partial charge in [-0.05, 0) is 48.9 Å². The van der Waals surface area contributed by atoms with Crippen molar-refractivity contribution < 1.29 is 9.46 Å². The van der Waals surface area contributed by atoms with Crippen LogP contribution in [0.25, 0.3) is 0 Å². The normalized spacial score (nSPS) is 11.7. The lowest BCUT2D eigenvalue weighted by atomic mass is 10.0. The minimum atomic E-state index is -3.61. The van der Waals surface area contributed by atoms with E-state index in [1.54, 1.807) is 0 Å². The molecule has 2 aromatic rings. The first-order chi connectivity index (χ1) is 16.1. The lowest BCUT2D eigenvalue weighted by molar-refractivity contribution is 0.500. The van der Waals surface area contributed by atoms with Crippen LogP contribution in [0.5, 0.6) is 0 Å². The summed E-state index contributed by atoms with van der Waals surface area (Å²) in [6.07, 6.45) is 19.3. The molecule has 2 aromatic carbocycles. The van der Waals surface area contributed by atoms with Gasteiger partial charge < -0.3 is 4.89 Å². The van der Waals surface area contributed by atoms with Gasteiger partial charge in [-0.25, -0.2) is 0 Å². The molecule has 0 unspecified atom stereocenters. The van der Waals surface area contributed by atoms with E-state index in [1.165, 1.54) is 77.0 Å². The Morgan fingerprint density at radius 2 is 0.879 bits per heavy atom. The van der Waals surface area contributed by atoms with E-state index < -0.39 is 7.37 Å². The highest BCUT2D eigenvalue weighted by Crippen LogP contribution is 2.41. The van der Waals surface area contributed by atoms with Crippen LogP contribution in [0.1, 0.15) is 115 Å². The van der Waals surface area contributed by atoms with Gasteiger partial charge >= 0.3 is 0 Å². The Morgan fingerprint density at radius 1 is 0.545 bits per heavy atom. The van der Waals surface area contributed by atoms with E-state index in [0.717, 1.165) is 36.8 Å². The predicted octanol–water partition coefficient (Wildman–Crippen LogP) is 8.49. The summed E-state index contributed by atoms with van der Waals surface area (Å²) < 4.78 is 13.8. The molecule has 0 aliphatic heterocycles. The van der Waals surface area contributed by atoms with Gasteiger partial charge in [-0.3, -0.25) is 4.57 Å². The van der Waals surface area contributed by atoms with E-state index in [2.05, 4.69) is 13.8 Å². The van der Waals surface area contributed by atoms with Gasteiger partial charge in [0.25, 0.3) is 7.37 Å². The van der Waals surface area contributed by atoms with Crippen LogP contribution in [0.15, 0.2) is 48.5 Å². The summed E-state index contributed by atoms with van der Waals surface area (Å²) in [6, 6.07) is 15.7. The van der Waals surface area contributed by atoms with E-state index >= 15 is 0 Å². The van der Waals surface area contributed by atoms with Crippen molar-refractivity contribution >= 4 is 18.0 Å². The zero-order chi connectivity index (χ0) is 23.8. The van der Waals surface area contributed by atoms with E-state index in [9.17, 15) is 9.46 Å². The Labute approximate surface area is 203 Å². The average Bonchev–Trinajstić information content (AvgIpc) is 2.83. The molecule has 184 valence electrons. The third kappa shape index (κ3) is 9.79. The molecule has 0 radical (unpaired) electrons.